The lowest BCUT2D eigenvalue weighted by molar-refractivity contribution is 0.0996. The summed E-state index contributed by atoms with van der Waals surface area (Å²) >= 11 is 0. The van der Waals surface area contributed by atoms with Crippen molar-refractivity contribution in [3.8, 4) is 17.2 Å². The quantitative estimate of drug-likeness (QED) is 0.370. The molecule has 11 heteroatoms. The molecule has 3 aromatic heterocycles. The van der Waals surface area contributed by atoms with Gasteiger partial charge in [0.05, 0.1) is 29.2 Å². The highest BCUT2D eigenvalue weighted by atomic mass is 16.2. The molecular weight excluding hydrogens is 472 g/mol. The zero-order valence-corrected chi connectivity index (χ0v) is 20.5. The van der Waals surface area contributed by atoms with Crippen molar-refractivity contribution in [3.05, 3.63) is 88.4 Å². The van der Waals surface area contributed by atoms with E-state index in [4.69, 9.17) is 5.73 Å². The first-order chi connectivity index (χ1) is 17.8. The Morgan fingerprint density at radius 1 is 1.05 bits per heavy atom. The second-order valence-electron chi connectivity index (χ2n) is 8.47. The number of nitrogens with zero attached hydrogens (tertiary/aromatic N) is 6. The van der Waals surface area contributed by atoms with Crippen molar-refractivity contribution in [2.45, 2.75) is 20.4 Å². The third kappa shape index (κ3) is 4.16. The Bertz CT molecular complexity index is 1730. The van der Waals surface area contributed by atoms with Crippen LogP contribution in [0.5, 0.6) is 0 Å². The Labute approximate surface area is 211 Å². The molecule has 3 heterocycles. The molecule has 0 bridgehead atoms. The highest BCUT2D eigenvalue weighted by molar-refractivity contribution is 6.13. The van der Waals surface area contributed by atoms with E-state index in [-0.39, 0.29) is 11.6 Å². The van der Waals surface area contributed by atoms with Crippen LogP contribution in [0, 0.1) is 6.92 Å². The van der Waals surface area contributed by atoms with E-state index in [1.165, 1.54) is 21.5 Å². The van der Waals surface area contributed by atoms with Crippen molar-refractivity contribution in [1.82, 2.24) is 28.9 Å². The van der Waals surface area contributed by atoms with Crippen molar-refractivity contribution in [2.75, 3.05) is 5.32 Å². The van der Waals surface area contributed by atoms with Gasteiger partial charge < -0.3 is 15.6 Å². The van der Waals surface area contributed by atoms with Crippen molar-refractivity contribution in [3.63, 3.8) is 0 Å². The molecule has 0 saturated heterocycles. The van der Waals surface area contributed by atoms with Gasteiger partial charge in [0, 0.05) is 30.2 Å². The van der Waals surface area contributed by atoms with E-state index >= 15 is 0 Å². The lowest BCUT2D eigenvalue weighted by Gasteiger charge is -2.12. The van der Waals surface area contributed by atoms with Crippen LogP contribution in [-0.2, 0) is 13.6 Å². The molecule has 11 nitrogen and oxygen atoms in total. The third-order valence-corrected chi connectivity index (χ3v) is 6.10. The minimum atomic E-state index is -0.571. The molecule has 186 valence electrons. The topological polar surface area (TPSA) is 143 Å². The summed E-state index contributed by atoms with van der Waals surface area (Å²) in [5, 5.41) is 7.85. The first-order valence-electron chi connectivity index (χ1n) is 11.6. The number of aryl methyl sites for hydroxylation is 3. The van der Waals surface area contributed by atoms with Crippen molar-refractivity contribution in [2.24, 2.45) is 12.8 Å². The number of benzene rings is 2. The fourth-order valence-electron chi connectivity index (χ4n) is 4.42. The van der Waals surface area contributed by atoms with Crippen LogP contribution in [0.4, 0.5) is 5.69 Å². The Morgan fingerprint density at radius 3 is 2.49 bits per heavy atom. The van der Waals surface area contributed by atoms with Gasteiger partial charge in [-0.15, -0.1) is 0 Å². The van der Waals surface area contributed by atoms with Crippen LogP contribution in [0.1, 0.15) is 33.5 Å². The van der Waals surface area contributed by atoms with E-state index in [1.807, 2.05) is 29.7 Å². The van der Waals surface area contributed by atoms with Crippen LogP contribution < -0.4 is 16.7 Å². The largest absolute Gasteiger partial charge is 0.366 e. The number of amides is 2. The maximum Gasteiger partial charge on any atom is 0.351 e. The van der Waals surface area contributed by atoms with Gasteiger partial charge in [-0.3, -0.25) is 9.59 Å². The fraction of sp³-hybridized carbons (Fsp3) is 0.154. The average Bonchev–Trinajstić information content (AvgIpc) is 3.39. The van der Waals surface area contributed by atoms with Crippen LogP contribution in [0.2, 0.25) is 0 Å². The summed E-state index contributed by atoms with van der Waals surface area (Å²) in [6.07, 6.45) is 3.13. The van der Waals surface area contributed by atoms with E-state index in [9.17, 15) is 14.4 Å². The number of carbonyl (C=O) groups is 2. The molecule has 0 aliphatic rings. The minimum Gasteiger partial charge on any atom is -0.366 e. The SMILES string of the molecule is CCn1c(-c2cnc(-n3c(C)nn(C)c3=O)cn2)cc2cccc(C(=O)Nc3cccc(C(N)=O)c3)c21. The van der Waals surface area contributed by atoms with Crippen LogP contribution in [0.15, 0.2) is 65.7 Å². The second kappa shape index (κ2) is 9.19. The zero-order valence-electron chi connectivity index (χ0n) is 20.5. The lowest BCUT2D eigenvalue weighted by atomic mass is 10.1. The number of primary amides is 1. The second-order valence-corrected chi connectivity index (χ2v) is 8.47. The summed E-state index contributed by atoms with van der Waals surface area (Å²) in [5.74, 6) is -0.0103. The van der Waals surface area contributed by atoms with E-state index < -0.39 is 5.91 Å². The van der Waals surface area contributed by atoms with E-state index in [1.54, 1.807) is 44.4 Å². The molecule has 5 aromatic rings. The molecule has 0 saturated carbocycles. The summed E-state index contributed by atoms with van der Waals surface area (Å²) < 4.78 is 4.63. The number of nitrogens with two attached hydrogens (primary N) is 1. The molecule has 0 spiro atoms. The fourth-order valence-corrected chi connectivity index (χ4v) is 4.42. The standard InChI is InChI=1S/C26H24N8O3/c1-4-33-21(20-13-29-22(14-28-20)34-15(2)31-32(3)26(34)37)12-16-7-6-10-19(23(16)33)25(36)30-18-9-5-8-17(11-18)24(27)35/h5-14H,4H2,1-3H3,(H2,27,35)(H,30,36). The van der Waals surface area contributed by atoms with Gasteiger partial charge >= 0.3 is 5.69 Å². The van der Waals surface area contributed by atoms with Crippen LogP contribution in [0.3, 0.4) is 0 Å². The van der Waals surface area contributed by atoms with Crippen molar-refractivity contribution >= 4 is 28.4 Å². The van der Waals surface area contributed by atoms with Gasteiger partial charge in [0.25, 0.3) is 5.91 Å². The predicted octanol–water partition coefficient (Wildman–Crippen LogP) is 2.66. The Morgan fingerprint density at radius 2 is 1.84 bits per heavy atom. The number of rotatable bonds is 6. The summed E-state index contributed by atoms with van der Waals surface area (Å²) in [4.78, 5) is 46.2. The monoisotopic (exact) mass is 496 g/mol. The number of fused-ring (bicyclic) bond motifs is 1. The average molecular weight is 497 g/mol. The normalized spacial score (nSPS) is 11.1. The molecule has 5 rings (SSSR count). The maximum atomic E-state index is 13.3. The highest BCUT2D eigenvalue weighted by Gasteiger charge is 2.19. The summed E-state index contributed by atoms with van der Waals surface area (Å²) in [7, 11) is 1.58. The van der Waals surface area contributed by atoms with Gasteiger partial charge in [0.15, 0.2) is 5.82 Å². The highest BCUT2D eigenvalue weighted by Crippen LogP contribution is 2.30. The van der Waals surface area contributed by atoms with Gasteiger partial charge in [-0.25, -0.2) is 24.0 Å². The van der Waals surface area contributed by atoms with Crippen LogP contribution in [-0.4, -0.2) is 40.7 Å². The molecule has 0 aliphatic carbocycles. The summed E-state index contributed by atoms with van der Waals surface area (Å²) in [5.41, 5.74) is 8.42. The number of para-hydroxylation sites is 1. The zero-order chi connectivity index (χ0) is 26.3. The first kappa shape index (κ1) is 23.7. The Kier molecular flexibility index (Phi) is 5.88. The smallest absolute Gasteiger partial charge is 0.351 e. The van der Waals surface area contributed by atoms with Crippen LogP contribution >= 0.6 is 0 Å². The predicted molar refractivity (Wildman–Crippen MR) is 139 cm³/mol. The lowest BCUT2D eigenvalue weighted by Crippen LogP contribution is -2.22. The number of anilines is 1. The van der Waals surface area contributed by atoms with Gasteiger partial charge in [-0.05, 0) is 44.2 Å². The Hall–Kier alpha value is -5.06. The van der Waals surface area contributed by atoms with Gasteiger partial charge in [0.2, 0.25) is 5.91 Å². The molecule has 2 aromatic carbocycles. The van der Waals surface area contributed by atoms with Crippen molar-refractivity contribution in [1.29, 1.82) is 0 Å². The number of carbonyl (C=O) groups excluding carboxylic acids is 2. The molecule has 0 atom stereocenters. The minimum absolute atomic E-state index is 0.306. The Balaban J connectivity index is 1.54. The molecule has 0 radical (unpaired) electrons. The number of hydrogen-bond acceptors (Lipinski definition) is 6. The number of hydrogen-bond donors (Lipinski definition) is 2. The summed E-state index contributed by atoms with van der Waals surface area (Å²) in [6, 6.07) is 13.9. The summed E-state index contributed by atoms with van der Waals surface area (Å²) in [6.45, 7) is 4.28. The number of nitrogens with one attached hydrogen (secondary N) is 1. The van der Waals surface area contributed by atoms with Gasteiger partial charge in [-0.2, -0.15) is 5.10 Å². The van der Waals surface area contributed by atoms with Crippen molar-refractivity contribution < 1.29 is 9.59 Å². The maximum absolute atomic E-state index is 13.3. The number of aromatic nitrogens is 6. The molecule has 0 unspecified atom stereocenters. The molecule has 37 heavy (non-hydrogen) atoms. The third-order valence-electron chi connectivity index (χ3n) is 6.10. The van der Waals surface area contributed by atoms with E-state index in [0.717, 1.165) is 16.6 Å². The first-order valence-corrected chi connectivity index (χ1v) is 11.6. The van der Waals surface area contributed by atoms with Crippen LogP contribution in [0.25, 0.3) is 28.1 Å². The van der Waals surface area contributed by atoms with Gasteiger partial charge in [-0.1, -0.05) is 18.2 Å². The van der Waals surface area contributed by atoms with E-state index in [2.05, 4.69) is 20.4 Å². The molecule has 0 aliphatic heterocycles. The van der Waals surface area contributed by atoms with Gasteiger partial charge in [0.1, 0.15) is 11.5 Å². The molecule has 2 amide bonds. The molecule has 3 N–H and O–H groups in total. The van der Waals surface area contributed by atoms with E-state index in [0.29, 0.717) is 40.7 Å². The molecule has 0 fully saturated rings. The molecular formula is C26H24N8O3.